The summed E-state index contributed by atoms with van der Waals surface area (Å²) in [5, 5.41) is 9.95. The molecular weight excluding hydrogens is 298 g/mol. The number of rotatable bonds is 2. The van der Waals surface area contributed by atoms with E-state index in [2.05, 4.69) is 20.8 Å². The zero-order chi connectivity index (χ0) is 16.0. The first-order chi connectivity index (χ1) is 10.4. The molecular formula is C17H18ClN3O. The SMILES string of the molecule is CCc1nc2c(C)c(C)c(C)nc2n1-c1ccc(O)c(Cl)c1. The van der Waals surface area contributed by atoms with E-state index in [4.69, 9.17) is 21.6 Å². The minimum absolute atomic E-state index is 0.0732. The van der Waals surface area contributed by atoms with Crippen LogP contribution in [0.4, 0.5) is 0 Å². The number of imidazole rings is 1. The molecule has 22 heavy (non-hydrogen) atoms. The molecule has 2 aromatic heterocycles. The summed E-state index contributed by atoms with van der Waals surface area (Å²) in [6.07, 6.45) is 0.784. The first-order valence-electron chi connectivity index (χ1n) is 7.28. The van der Waals surface area contributed by atoms with Crippen LogP contribution >= 0.6 is 11.6 Å². The second-order valence-corrected chi connectivity index (χ2v) is 5.88. The van der Waals surface area contributed by atoms with Crippen LogP contribution in [0.2, 0.25) is 5.02 Å². The predicted octanol–water partition coefficient (Wildman–Crippen LogP) is 4.27. The molecule has 0 unspecified atom stereocenters. The zero-order valence-electron chi connectivity index (χ0n) is 13.1. The fraction of sp³-hybridized carbons (Fsp3) is 0.294. The molecule has 0 atom stereocenters. The number of hydrogen-bond donors (Lipinski definition) is 1. The zero-order valence-corrected chi connectivity index (χ0v) is 13.9. The van der Waals surface area contributed by atoms with Crippen LogP contribution in [-0.4, -0.2) is 19.6 Å². The van der Waals surface area contributed by atoms with Gasteiger partial charge in [0.15, 0.2) is 5.65 Å². The summed E-state index contributed by atoms with van der Waals surface area (Å²) >= 11 is 6.06. The van der Waals surface area contributed by atoms with Crippen LogP contribution in [0.1, 0.15) is 29.6 Å². The molecule has 0 spiro atoms. The lowest BCUT2D eigenvalue weighted by Crippen LogP contribution is -2.02. The third-order valence-electron chi connectivity index (χ3n) is 4.16. The number of nitrogens with zero attached hydrogens (tertiary/aromatic N) is 3. The Bertz CT molecular complexity index is 883. The van der Waals surface area contributed by atoms with E-state index in [0.717, 1.165) is 40.4 Å². The number of aromatic hydroxyl groups is 1. The van der Waals surface area contributed by atoms with E-state index >= 15 is 0 Å². The third kappa shape index (κ3) is 2.15. The fourth-order valence-electron chi connectivity index (χ4n) is 2.65. The van der Waals surface area contributed by atoms with Gasteiger partial charge in [0.25, 0.3) is 0 Å². The van der Waals surface area contributed by atoms with Crippen LogP contribution in [0.15, 0.2) is 18.2 Å². The smallest absolute Gasteiger partial charge is 0.165 e. The minimum Gasteiger partial charge on any atom is -0.506 e. The molecule has 3 aromatic rings. The molecule has 0 aliphatic heterocycles. The van der Waals surface area contributed by atoms with Crippen molar-refractivity contribution in [2.45, 2.75) is 34.1 Å². The van der Waals surface area contributed by atoms with E-state index in [1.807, 2.05) is 17.6 Å². The minimum atomic E-state index is 0.0732. The Balaban J connectivity index is 2.39. The van der Waals surface area contributed by atoms with Crippen molar-refractivity contribution in [1.29, 1.82) is 0 Å². The number of benzene rings is 1. The van der Waals surface area contributed by atoms with Crippen LogP contribution in [0.3, 0.4) is 0 Å². The lowest BCUT2D eigenvalue weighted by Gasteiger charge is -2.10. The highest BCUT2D eigenvalue weighted by atomic mass is 35.5. The summed E-state index contributed by atoms with van der Waals surface area (Å²) in [6.45, 7) is 8.22. The van der Waals surface area contributed by atoms with Crippen LogP contribution in [0.5, 0.6) is 5.75 Å². The molecule has 3 rings (SSSR count). The van der Waals surface area contributed by atoms with Gasteiger partial charge in [-0.2, -0.15) is 0 Å². The van der Waals surface area contributed by atoms with Gasteiger partial charge in [0.2, 0.25) is 0 Å². The van der Waals surface area contributed by atoms with Crippen molar-refractivity contribution >= 4 is 22.8 Å². The van der Waals surface area contributed by atoms with Gasteiger partial charge in [-0.05, 0) is 50.1 Å². The normalized spacial score (nSPS) is 11.3. The molecule has 1 aromatic carbocycles. The number of hydrogen-bond acceptors (Lipinski definition) is 3. The second kappa shape index (κ2) is 5.29. The number of aryl methyl sites for hydroxylation is 3. The van der Waals surface area contributed by atoms with Gasteiger partial charge in [0.05, 0.1) is 10.7 Å². The summed E-state index contributed by atoms with van der Waals surface area (Å²) in [5.74, 6) is 1.00. The Morgan fingerprint density at radius 1 is 1.14 bits per heavy atom. The average molecular weight is 316 g/mol. The number of pyridine rings is 1. The van der Waals surface area contributed by atoms with Gasteiger partial charge in [-0.3, -0.25) is 4.57 Å². The fourth-order valence-corrected chi connectivity index (χ4v) is 2.82. The molecule has 114 valence electrons. The molecule has 4 nitrogen and oxygen atoms in total. The third-order valence-corrected chi connectivity index (χ3v) is 4.47. The largest absolute Gasteiger partial charge is 0.506 e. The molecule has 1 N–H and O–H groups in total. The second-order valence-electron chi connectivity index (χ2n) is 5.47. The Morgan fingerprint density at radius 3 is 2.50 bits per heavy atom. The monoisotopic (exact) mass is 315 g/mol. The molecule has 0 saturated heterocycles. The van der Waals surface area contributed by atoms with Crippen LogP contribution in [-0.2, 0) is 6.42 Å². The van der Waals surface area contributed by atoms with Gasteiger partial charge in [0, 0.05) is 12.1 Å². The Labute approximate surface area is 134 Å². The highest BCUT2D eigenvalue weighted by Crippen LogP contribution is 2.30. The summed E-state index contributed by atoms with van der Waals surface area (Å²) in [7, 11) is 0. The molecule has 0 amide bonds. The first kappa shape index (κ1) is 14.9. The van der Waals surface area contributed by atoms with Crippen molar-refractivity contribution < 1.29 is 5.11 Å². The van der Waals surface area contributed by atoms with E-state index in [9.17, 15) is 5.11 Å². The Morgan fingerprint density at radius 2 is 1.86 bits per heavy atom. The molecule has 2 heterocycles. The lowest BCUT2D eigenvalue weighted by atomic mass is 10.1. The topological polar surface area (TPSA) is 50.9 Å². The van der Waals surface area contributed by atoms with Gasteiger partial charge in [0.1, 0.15) is 17.1 Å². The van der Waals surface area contributed by atoms with E-state index in [-0.39, 0.29) is 5.75 Å². The van der Waals surface area contributed by atoms with Crippen molar-refractivity contribution in [3.05, 3.63) is 45.9 Å². The number of phenolic OH excluding ortho intramolecular Hbond substituents is 1. The maximum atomic E-state index is 9.63. The number of fused-ring (bicyclic) bond motifs is 1. The van der Waals surface area contributed by atoms with Gasteiger partial charge in [-0.1, -0.05) is 18.5 Å². The van der Waals surface area contributed by atoms with Crippen molar-refractivity contribution in [2.24, 2.45) is 0 Å². The summed E-state index contributed by atoms with van der Waals surface area (Å²) in [4.78, 5) is 9.48. The van der Waals surface area contributed by atoms with E-state index < -0.39 is 0 Å². The van der Waals surface area contributed by atoms with Crippen LogP contribution in [0.25, 0.3) is 16.9 Å². The van der Waals surface area contributed by atoms with Gasteiger partial charge in [-0.15, -0.1) is 0 Å². The van der Waals surface area contributed by atoms with E-state index in [1.165, 1.54) is 5.56 Å². The van der Waals surface area contributed by atoms with E-state index in [0.29, 0.717) is 5.02 Å². The number of halogens is 1. The summed E-state index contributed by atoms with van der Waals surface area (Å²) in [6, 6.07) is 5.16. The van der Waals surface area contributed by atoms with Crippen LogP contribution in [0, 0.1) is 20.8 Å². The molecule has 0 bridgehead atoms. The number of aromatic nitrogens is 3. The standard InChI is InChI=1S/C17H18ClN3O/c1-5-15-20-16-10(3)9(2)11(4)19-17(16)21(15)12-6-7-14(22)13(18)8-12/h6-8,22H,5H2,1-4H3. The maximum absolute atomic E-state index is 9.63. The predicted molar refractivity (Wildman–Crippen MR) is 89.1 cm³/mol. The van der Waals surface area contributed by atoms with Crippen LogP contribution < -0.4 is 0 Å². The molecule has 0 radical (unpaired) electrons. The van der Waals surface area contributed by atoms with Crippen molar-refractivity contribution in [1.82, 2.24) is 14.5 Å². The molecule has 0 fully saturated rings. The Kier molecular flexibility index (Phi) is 3.57. The molecule has 0 saturated carbocycles. The number of phenols is 1. The highest BCUT2D eigenvalue weighted by Gasteiger charge is 2.17. The lowest BCUT2D eigenvalue weighted by molar-refractivity contribution is 0.475. The van der Waals surface area contributed by atoms with Crippen molar-refractivity contribution in [3.8, 4) is 11.4 Å². The van der Waals surface area contributed by atoms with E-state index in [1.54, 1.807) is 12.1 Å². The molecule has 0 aliphatic carbocycles. The molecule has 5 heteroatoms. The highest BCUT2D eigenvalue weighted by molar-refractivity contribution is 6.32. The maximum Gasteiger partial charge on any atom is 0.165 e. The van der Waals surface area contributed by atoms with Crippen molar-refractivity contribution in [3.63, 3.8) is 0 Å². The molecule has 0 aliphatic rings. The Hall–Kier alpha value is -2.07. The summed E-state index contributed by atoms with van der Waals surface area (Å²) < 4.78 is 2.01. The van der Waals surface area contributed by atoms with Gasteiger partial charge < -0.3 is 5.11 Å². The van der Waals surface area contributed by atoms with Crippen molar-refractivity contribution in [2.75, 3.05) is 0 Å². The quantitative estimate of drug-likeness (QED) is 0.768. The van der Waals surface area contributed by atoms with Gasteiger partial charge in [-0.25, -0.2) is 9.97 Å². The summed E-state index contributed by atoms with van der Waals surface area (Å²) in [5.41, 5.74) is 5.93. The average Bonchev–Trinajstić information content (AvgIpc) is 2.86. The van der Waals surface area contributed by atoms with Gasteiger partial charge >= 0.3 is 0 Å². The first-order valence-corrected chi connectivity index (χ1v) is 7.65.